The highest BCUT2D eigenvalue weighted by molar-refractivity contribution is 5.87. The third-order valence-corrected chi connectivity index (χ3v) is 8.72. The average Bonchev–Trinajstić information content (AvgIpc) is 3.34. The molecule has 0 spiro atoms. The Morgan fingerprint density at radius 3 is 1.21 bits per heavy atom. The van der Waals surface area contributed by atoms with Crippen LogP contribution in [0.25, 0.3) is 11.1 Å². The van der Waals surface area contributed by atoms with Crippen molar-refractivity contribution in [2.75, 3.05) is 0 Å². The molecule has 1 aliphatic rings. The quantitative estimate of drug-likeness (QED) is 0.0828. The van der Waals surface area contributed by atoms with Crippen molar-refractivity contribution in [2.24, 2.45) is 0 Å². The fraction of sp³-hybridized carbons (Fsp3) is 0.273. The van der Waals surface area contributed by atoms with Crippen LogP contribution in [0.5, 0.6) is 11.5 Å². The molecule has 1 aliphatic carbocycles. The summed E-state index contributed by atoms with van der Waals surface area (Å²) in [4.78, 5) is 21.3. The molecule has 0 aliphatic heterocycles. The van der Waals surface area contributed by atoms with E-state index in [1.807, 2.05) is 0 Å². The summed E-state index contributed by atoms with van der Waals surface area (Å²) in [5.74, 6) is -14.8. The van der Waals surface area contributed by atoms with Crippen molar-refractivity contribution in [1.29, 1.82) is 0 Å². The van der Waals surface area contributed by atoms with Gasteiger partial charge in [-0.05, 0) is 45.5 Å². The molecular weight excluding hydrogens is 748 g/mol. The number of aromatic hydroxyl groups is 2. The highest BCUT2D eigenvalue weighted by Gasteiger charge is 2.55. The molecule has 2 unspecified atom stereocenters. The van der Waals surface area contributed by atoms with Crippen LogP contribution in [0.4, 0.5) is 64.1 Å². The van der Waals surface area contributed by atoms with Gasteiger partial charge in [0.25, 0.3) is 0 Å². The van der Waals surface area contributed by atoms with Crippen LogP contribution in [0.15, 0.2) is 72.8 Å². The Labute approximate surface area is 288 Å². The Kier molecular flexibility index (Phi) is 9.36. The highest BCUT2D eigenvalue weighted by Crippen LogP contribution is 2.60. The first kappa shape index (κ1) is 38.7. The van der Waals surface area contributed by atoms with E-state index in [4.69, 9.17) is 0 Å². The predicted molar refractivity (Wildman–Crippen MR) is 159 cm³/mol. The standard InChI is InChI=1S/C33H20F12N2O6/c34-25(13-29(36,37)38)32(42,43)21-9-15(11-23(27(21)48)46(50)51)31(19-7-3-1-5-17(19)18-6-2-4-8-20(18)31)16-10-22(28(49)24(12-16)47(52)53)33(44,45)26(35)14-30(39,40)41/h1-12,25-26,48-49H,13-14H2. The fourth-order valence-corrected chi connectivity index (χ4v) is 6.48. The van der Waals surface area contributed by atoms with Crippen LogP contribution in [0.1, 0.15) is 46.2 Å². The van der Waals surface area contributed by atoms with Crippen molar-refractivity contribution in [1.82, 2.24) is 0 Å². The van der Waals surface area contributed by atoms with E-state index < -0.39 is 110 Å². The van der Waals surface area contributed by atoms with Crippen molar-refractivity contribution < 1.29 is 72.7 Å². The molecule has 4 aromatic carbocycles. The monoisotopic (exact) mass is 768 g/mol. The molecule has 0 bridgehead atoms. The van der Waals surface area contributed by atoms with Crippen molar-refractivity contribution >= 4 is 11.4 Å². The van der Waals surface area contributed by atoms with Crippen molar-refractivity contribution in [3.05, 3.63) is 126 Å². The molecule has 20 heteroatoms. The SMILES string of the molecule is O=[N+]([O-])c1cc(C2(c3cc([N+](=O)[O-])c(O)c(C(F)(F)C(F)CC(F)(F)F)c3)c3ccccc3-c3ccccc32)cc(C(F)(F)C(F)CC(F)(F)F)c1O. The van der Waals surface area contributed by atoms with Gasteiger partial charge in [-0.1, -0.05) is 48.5 Å². The molecule has 0 saturated heterocycles. The molecule has 0 fully saturated rings. The van der Waals surface area contributed by atoms with Gasteiger partial charge in [-0.3, -0.25) is 20.2 Å². The molecule has 8 nitrogen and oxygen atoms in total. The molecule has 2 N–H and O–H groups in total. The van der Waals surface area contributed by atoms with Crippen LogP contribution in [-0.2, 0) is 17.3 Å². The van der Waals surface area contributed by atoms with Gasteiger partial charge in [-0.2, -0.15) is 43.9 Å². The Hall–Kier alpha value is -5.56. The summed E-state index contributed by atoms with van der Waals surface area (Å²) in [6, 6.07) is 11.2. The zero-order valence-corrected chi connectivity index (χ0v) is 26.0. The minimum absolute atomic E-state index is 0.0806. The number of fused-ring (bicyclic) bond motifs is 3. The Morgan fingerprint density at radius 2 is 0.906 bits per heavy atom. The smallest absolute Gasteiger partial charge is 0.392 e. The first-order valence-electron chi connectivity index (χ1n) is 14.8. The van der Waals surface area contributed by atoms with E-state index in [0.29, 0.717) is 12.1 Å². The minimum atomic E-state index is -5.57. The third-order valence-electron chi connectivity index (χ3n) is 8.72. The second kappa shape index (κ2) is 12.8. The lowest BCUT2D eigenvalue weighted by Crippen LogP contribution is -2.35. The molecule has 4 aromatic rings. The van der Waals surface area contributed by atoms with Gasteiger partial charge in [-0.15, -0.1) is 0 Å². The summed E-state index contributed by atoms with van der Waals surface area (Å²) >= 11 is 0. The number of alkyl halides is 12. The molecule has 0 amide bonds. The number of benzene rings is 4. The minimum Gasteiger partial charge on any atom is -0.502 e. The third kappa shape index (κ3) is 6.54. The molecule has 0 saturated carbocycles. The zero-order valence-electron chi connectivity index (χ0n) is 26.0. The molecule has 0 radical (unpaired) electrons. The van der Waals surface area contributed by atoms with Crippen molar-refractivity contribution in [3.8, 4) is 22.6 Å². The van der Waals surface area contributed by atoms with Gasteiger partial charge in [-0.25, -0.2) is 8.78 Å². The van der Waals surface area contributed by atoms with Crippen molar-refractivity contribution in [3.63, 3.8) is 0 Å². The average molecular weight is 769 g/mol. The van der Waals surface area contributed by atoms with E-state index >= 15 is 17.6 Å². The summed E-state index contributed by atoms with van der Waals surface area (Å²) in [5.41, 5.74) is -12.4. The largest absolute Gasteiger partial charge is 0.502 e. The maximum absolute atomic E-state index is 15.6. The summed E-state index contributed by atoms with van der Waals surface area (Å²) in [5, 5.41) is 45.4. The summed E-state index contributed by atoms with van der Waals surface area (Å²) in [7, 11) is 0. The number of halogens is 12. The van der Waals surface area contributed by atoms with Gasteiger partial charge in [0.15, 0.2) is 12.3 Å². The zero-order chi connectivity index (χ0) is 39.6. The van der Waals surface area contributed by atoms with Crippen LogP contribution in [-0.4, -0.2) is 44.8 Å². The van der Waals surface area contributed by atoms with E-state index in [2.05, 4.69) is 0 Å². The predicted octanol–water partition coefficient (Wildman–Crippen LogP) is 10.0. The Bertz CT molecular complexity index is 1970. The lowest BCUT2D eigenvalue weighted by molar-refractivity contribution is -0.386. The van der Waals surface area contributed by atoms with Gasteiger partial charge < -0.3 is 10.2 Å². The lowest BCUT2D eigenvalue weighted by Gasteiger charge is -2.35. The molecule has 5 rings (SSSR count). The van der Waals surface area contributed by atoms with Crippen LogP contribution in [0, 0.1) is 20.2 Å². The van der Waals surface area contributed by atoms with Gasteiger partial charge in [0.05, 0.1) is 39.2 Å². The van der Waals surface area contributed by atoms with E-state index in [-0.39, 0.29) is 34.4 Å². The number of phenolic OH excluding ortho intramolecular Hbond substituents is 2. The molecule has 2 atom stereocenters. The summed E-state index contributed by atoms with van der Waals surface area (Å²) < 4.78 is 170. The Balaban J connectivity index is 1.99. The maximum Gasteiger partial charge on any atom is 0.392 e. The molecule has 53 heavy (non-hydrogen) atoms. The molecule has 282 valence electrons. The summed E-state index contributed by atoms with van der Waals surface area (Å²) in [6.07, 6.45) is -25.1. The Morgan fingerprint density at radius 1 is 0.585 bits per heavy atom. The van der Waals surface area contributed by atoms with Crippen molar-refractivity contribution in [2.45, 2.75) is 54.8 Å². The number of nitrogens with zero attached hydrogens (tertiary/aromatic N) is 2. The lowest BCUT2D eigenvalue weighted by atomic mass is 9.66. The second-order valence-corrected chi connectivity index (χ2v) is 12.0. The van der Waals surface area contributed by atoms with Gasteiger partial charge in [0.1, 0.15) is 0 Å². The van der Waals surface area contributed by atoms with Gasteiger partial charge in [0.2, 0.25) is 11.5 Å². The number of phenols is 2. The normalized spacial score (nSPS) is 15.4. The number of nitro groups is 2. The summed E-state index contributed by atoms with van der Waals surface area (Å²) in [6.45, 7) is 0. The molecular formula is C33H20F12N2O6. The van der Waals surface area contributed by atoms with Crippen LogP contribution in [0.2, 0.25) is 0 Å². The highest BCUT2D eigenvalue weighted by atomic mass is 19.4. The van der Waals surface area contributed by atoms with Crippen LogP contribution in [0.3, 0.4) is 0 Å². The van der Waals surface area contributed by atoms with E-state index in [1.54, 1.807) is 0 Å². The van der Waals surface area contributed by atoms with Gasteiger partial charge >= 0.3 is 35.6 Å². The fourth-order valence-electron chi connectivity index (χ4n) is 6.48. The van der Waals surface area contributed by atoms with Crippen LogP contribution < -0.4 is 0 Å². The van der Waals surface area contributed by atoms with E-state index in [9.17, 15) is 65.6 Å². The number of hydrogen-bond donors (Lipinski definition) is 2. The van der Waals surface area contributed by atoms with Crippen LogP contribution >= 0.6 is 0 Å². The topological polar surface area (TPSA) is 127 Å². The second-order valence-electron chi connectivity index (χ2n) is 12.0. The number of rotatable bonds is 10. The van der Waals surface area contributed by atoms with E-state index in [1.165, 1.54) is 36.4 Å². The molecule has 0 aromatic heterocycles. The van der Waals surface area contributed by atoms with E-state index in [0.717, 1.165) is 12.1 Å². The molecule has 0 heterocycles. The number of hydrogen-bond acceptors (Lipinski definition) is 6. The number of nitro benzene ring substituents is 2. The first-order valence-corrected chi connectivity index (χ1v) is 14.8. The van der Waals surface area contributed by atoms with Gasteiger partial charge in [0, 0.05) is 12.1 Å². The first-order chi connectivity index (χ1) is 24.4. The maximum atomic E-state index is 15.6.